The molecule has 4 aromatic rings. The van der Waals surface area contributed by atoms with Gasteiger partial charge >= 0.3 is 6.03 Å². The Bertz CT molecular complexity index is 1600. The molecule has 0 bridgehead atoms. The summed E-state index contributed by atoms with van der Waals surface area (Å²) in [6.07, 6.45) is 11.0. The van der Waals surface area contributed by atoms with Crippen molar-refractivity contribution in [2.45, 2.75) is 24.8 Å². The number of carbonyl (C=O) groups excluding carboxylic acids is 1. The van der Waals surface area contributed by atoms with E-state index >= 15 is 0 Å². The molecule has 2 amide bonds. The first kappa shape index (κ1) is 27.6. The maximum atomic E-state index is 14.3. The minimum absolute atomic E-state index is 0.104. The van der Waals surface area contributed by atoms with Crippen molar-refractivity contribution in [1.82, 2.24) is 30.3 Å². The molecule has 210 valence electrons. The Labute approximate surface area is 248 Å². The number of urea groups is 1. The highest BCUT2D eigenvalue weighted by Gasteiger charge is 2.57. The van der Waals surface area contributed by atoms with Crippen LogP contribution in [-0.2, 0) is 12.0 Å². The fourth-order valence-corrected chi connectivity index (χ4v) is 6.54. The van der Waals surface area contributed by atoms with Gasteiger partial charge in [-0.25, -0.2) is 14.3 Å². The molecule has 1 atom stereocenters. The minimum atomic E-state index is -0.572. The van der Waals surface area contributed by atoms with Crippen molar-refractivity contribution in [3.63, 3.8) is 0 Å². The summed E-state index contributed by atoms with van der Waals surface area (Å²) in [7, 11) is 0. The van der Waals surface area contributed by atoms with Gasteiger partial charge in [0.15, 0.2) is 0 Å². The van der Waals surface area contributed by atoms with Gasteiger partial charge in [-0.15, -0.1) is 0 Å². The molecular formula is C31H30Cl2FN6O+. The molecule has 1 saturated heterocycles. The van der Waals surface area contributed by atoms with Crippen molar-refractivity contribution in [3.8, 4) is 11.1 Å². The first-order valence-electron chi connectivity index (χ1n) is 13.6. The first-order chi connectivity index (χ1) is 19.9. The van der Waals surface area contributed by atoms with Crippen molar-refractivity contribution in [1.29, 1.82) is 0 Å². The molecule has 7 nitrogen and oxygen atoms in total. The molecule has 2 aromatic carbocycles. The highest BCUT2D eigenvalue weighted by atomic mass is 35.5. The molecule has 3 N–H and O–H groups in total. The number of hydrogen-bond donors (Lipinski definition) is 3. The van der Waals surface area contributed by atoms with Gasteiger partial charge < -0.3 is 10.6 Å². The van der Waals surface area contributed by atoms with E-state index in [4.69, 9.17) is 23.2 Å². The van der Waals surface area contributed by atoms with Gasteiger partial charge in [-0.3, -0.25) is 5.10 Å². The van der Waals surface area contributed by atoms with Crippen molar-refractivity contribution < 1.29 is 9.18 Å². The summed E-state index contributed by atoms with van der Waals surface area (Å²) in [5, 5.41) is 14.6. The average molecular weight is 593 g/mol. The number of H-pyrrole nitrogens is 1. The number of amides is 2. The van der Waals surface area contributed by atoms with E-state index in [0.29, 0.717) is 28.7 Å². The molecule has 10 heteroatoms. The van der Waals surface area contributed by atoms with Crippen LogP contribution in [0.15, 0.2) is 73.2 Å². The van der Waals surface area contributed by atoms with Gasteiger partial charge in [-0.05, 0) is 85.1 Å². The van der Waals surface area contributed by atoms with E-state index in [1.54, 1.807) is 12.1 Å². The number of nitrogens with zero attached hydrogens (tertiary/aromatic N) is 3. The number of piperidine rings is 1. The molecule has 1 unspecified atom stereocenters. The van der Waals surface area contributed by atoms with Gasteiger partial charge in [-0.2, -0.15) is 9.49 Å². The lowest BCUT2D eigenvalue weighted by molar-refractivity contribution is 0.189. The van der Waals surface area contributed by atoms with Gasteiger partial charge in [-0.1, -0.05) is 35.3 Å². The van der Waals surface area contributed by atoms with Gasteiger partial charge in [0, 0.05) is 36.1 Å². The third kappa shape index (κ3) is 5.40. The Morgan fingerprint density at radius 3 is 2.68 bits per heavy atom. The number of quaternary nitrogens is 1. The van der Waals surface area contributed by atoms with E-state index in [9.17, 15) is 9.18 Å². The molecule has 0 saturated carbocycles. The third-order valence-electron chi connectivity index (χ3n) is 8.29. The predicted octanol–water partition coefficient (Wildman–Crippen LogP) is 6.48. The average Bonchev–Trinajstić information content (AvgIpc) is 3.61. The lowest BCUT2D eigenvalue weighted by Crippen LogP contribution is -2.60. The smallest absolute Gasteiger partial charge is 0.317 e. The lowest BCUT2D eigenvalue weighted by Gasteiger charge is -2.36. The van der Waals surface area contributed by atoms with Crippen molar-refractivity contribution in [3.05, 3.63) is 106 Å². The summed E-state index contributed by atoms with van der Waals surface area (Å²) in [6, 6.07) is 14.8. The van der Waals surface area contributed by atoms with Crippen LogP contribution in [0, 0.1) is 5.95 Å². The molecule has 4 heterocycles. The highest BCUT2D eigenvalue weighted by Crippen LogP contribution is 2.51. The van der Waals surface area contributed by atoms with Crippen LogP contribution in [0.5, 0.6) is 0 Å². The number of nitrogens with one attached hydrogen (secondary N) is 3. The van der Waals surface area contributed by atoms with Crippen LogP contribution < -0.4 is 15.1 Å². The molecule has 0 aliphatic carbocycles. The number of hydrogen-bond acceptors (Lipinski definition) is 4. The standard InChI is InChI=1S/C31H29Cl2FN6O/c32-26-5-3-21(14-27(26)33)2-1-13-40(30(41)37-17-22-7-10-36-29(34)15-22)20-31(8-11-35-12-9-31)25-16-23(4-6-28(25)40)24-18-38-39-19-24/h1-7,10,14-16,18-19,35H,8-9,11-13,17,20H2,(H-,37,38,39,41)/p+1/b2-1+. The van der Waals surface area contributed by atoms with E-state index in [2.05, 4.69) is 44.0 Å². The molecule has 2 aliphatic heterocycles. The van der Waals surface area contributed by atoms with Gasteiger partial charge in [0.05, 0.1) is 21.7 Å². The summed E-state index contributed by atoms with van der Waals surface area (Å²) < 4.78 is 13.9. The Kier molecular flexibility index (Phi) is 7.66. The molecule has 1 spiro atoms. The SMILES string of the molecule is O=C(NCc1ccnc(F)c1)[N+]1(C/C=C/c2ccc(Cl)c(Cl)c2)CC2(CCNCC2)c2cc(-c3cn[nH]c3)ccc21. The predicted molar refractivity (Wildman–Crippen MR) is 161 cm³/mol. The van der Waals surface area contributed by atoms with Crippen molar-refractivity contribution in [2.24, 2.45) is 0 Å². The maximum Gasteiger partial charge on any atom is 0.422 e. The summed E-state index contributed by atoms with van der Waals surface area (Å²) in [4.78, 5) is 17.9. The fourth-order valence-electron chi connectivity index (χ4n) is 6.24. The fraction of sp³-hybridized carbons (Fsp3) is 0.258. The monoisotopic (exact) mass is 591 g/mol. The summed E-state index contributed by atoms with van der Waals surface area (Å²) >= 11 is 12.4. The second kappa shape index (κ2) is 11.4. The molecular weight excluding hydrogens is 562 g/mol. The van der Waals surface area contributed by atoms with Gasteiger partial charge in [0.25, 0.3) is 0 Å². The Morgan fingerprint density at radius 2 is 1.93 bits per heavy atom. The normalized spacial score (nSPS) is 19.5. The number of benzene rings is 2. The second-order valence-electron chi connectivity index (χ2n) is 10.8. The summed E-state index contributed by atoms with van der Waals surface area (Å²) in [5.74, 6) is -0.572. The maximum absolute atomic E-state index is 14.3. The van der Waals surface area contributed by atoms with Crippen LogP contribution in [0.4, 0.5) is 14.9 Å². The lowest BCUT2D eigenvalue weighted by atomic mass is 9.74. The van der Waals surface area contributed by atoms with E-state index in [-0.39, 0.29) is 22.5 Å². The molecule has 6 rings (SSSR count). The number of rotatable bonds is 6. The second-order valence-corrected chi connectivity index (χ2v) is 11.6. The van der Waals surface area contributed by atoms with Crippen LogP contribution in [0.1, 0.15) is 29.5 Å². The number of aromatic nitrogens is 3. The number of aromatic amines is 1. The van der Waals surface area contributed by atoms with Crippen LogP contribution in [-0.4, -0.2) is 47.4 Å². The first-order valence-corrected chi connectivity index (χ1v) is 14.4. The molecule has 41 heavy (non-hydrogen) atoms. The van der Waals surface area contributed by atoms with Crippen LogP contribution in [0.2, 0.25) is 10.0 Å². The zero-order valence-electron chi connectivity index (χ0n) is 22.3. The Morgan fingerprint density at radius 1 is 1.07 bits per heavy atom. The zero-order valence-corrected chi connectivity index (χ0v) is 23.9. The van der Waals surface area contributed by atoms with Crippen molar-refractivity contribution >= 4 is 41.0 Å². The third-order valence-corrected chi connectivity index (χ3v) is 9.03. The molecule has 2 aliphatic rings. The van der Waals surface area contributed by atoms with Gasteiger partial charge in [0.1, 0.15) is 18.8 Å². The van der Waals surface area contributed by atoms with Crippen molar-refractivity contribution in [2.75, 3.05) is 26.2 Å². The summed E-state index contributed by atoms with van der Waals surface area (Å²) in [6.45, 7) is 3.02. The molecule has 2 aromatic heterocycles. The Balaban J connectivity index is 1.41. The number of halogens is 3. The van der Waals surface area contributed by atoms with E-state index < -0.39 is 5.95 Å². The van der Waals surface area contributed by atoms with Crippen LogP contribution in [0.25, 0.3) is 17.2 Å². The number of pyridine rings is 1. The zero-order chi connectivity index (χ0) is 28.5. The molecule has 0 radical (unpaired) electrons. The number of fused-ring (bicyclic) bond motifs is 2. The number of carbonyl (C=O) groups is 1. The Hall–Kier alpha value is -3.56. The van der Waals surface area contributed by atoms with E-state index in [0.717, 1.165) is 48.3 Å². The highest BCUT2D eigenvalue weighted by molar-refractivity contribution is 6.42. The largest absolute Gasteiger partial charge is 0.422 e. The quantitative estimate of drug-likeness (QED) is 0.177. The summed E-state index contributed by atoms with van der Waals surface area (Å²) in [5.41, 5.74) is 5.64. The van der Waals surface area contributed by atoms with E-state index in [1.165, 1.54) is 17.8 Å². The topological polar surface area (TPSA) is 82.7 Å². The molecule has 1 fully saturated rings. The van der Waals surface area contributed by atoms with Gasteiger partial charge in [0.2, 0.25) is 5.95 Å². The van der Waals surface area contributed by atoms with Crippen LogP contribution in [0.3, 0.4) is 0 Å². The van der Waals surface area contributed by atoms with Crippen LogP contribution >= 0.6 is 23.2 Å². The van der Waals surface area contributed by atoms with E-state index in [1.807, 2.05) is 36.7 Å². The minimum Gasteiger partial charge on any atom is -0.317 e.